The summed E-state index contributed by atoms with van der Waals surface area (Å²) in [6.45, 7) is 7.10. The highest BCUT2D eigenvalue weighted by Gasteiger charge is 2.46. The van der Waals surface area contributed by atoms with Crippen molar-refractivity contribution in [3.63, 3.8) is 0 Å². The van der Waals surface area contributed by atoms with Crippen molar-refractivity contribution in [2.75, 3.05) is 0 Å². The third-order valence-electron chi connectivity index (χ3n) is 5.20. The summed E-state index contributed by atoms with van der Waals surface area (Å²) in [6, 6.07) is 0. The topological polar surface area (TPSA) is 17.1 Å². The molecule has 0 heterocycles. The molecule has 0 unspecified atom stereocenters. The molecule has 0 aromatic carbocycles. The van der Waals surface area contributed by atoms with Crippen LogP contribution < -0.4 is 0 Å². The molecule has 2 aliphatic carbocycles. The average Bonchev–Trinajstić information content (AvgIpc) is 2.19. The maximum absolute atomic E-state index is 11.6. The molecular weight excluding hydrogens is 184 g/mol. The lowest BCUT2D eigenvalue weighted by molar-refractivity contribution is -0.127. The molecular formula is C14H24O. The first-order valence-electron chi connectivity index (χ1n) is 6.57. The Kier molecular flexibility index (Phi) is 2.92. The van der Waals surface area contributed by atoms with Gasteiger partial charge in [-0.25, -0.2) is 0 Å². The molecule has 3 atom stereocenters. The van der Waals surface area contributed by atoms with Crippen LogP contribution in [0.3, 0.4) is 0 Å². The minimum atomic E-state index is 0.397. The van der Waals surface area contributed by atoms with Gasteiger partial charge in [0.25, 0.3) is 0 Å². The molecule has 86 valence electrons. The van der Waals surface area contributed by atoms with E-state index in [1.165, 1.54) is 25.7 Å². The summed E-state index contributed by atoms with van der Waals surface area (Å²) in [7, 11) is 0. The van der Waals surface area contributed by atoms with Gasteiger partial charge in [0.15, 0.2) is 0 Å². The zero-order valence-corrected chi connectivity index (χ0v) is 10.4. The lowest BCUT2D eigenvalue weighted by atomic mass is 9.54. The highest BCUT2D eigenvalue weighted by atomic mass is 16.1. The molecule has 0 N–H and O–H groups in total. The van der Waals surface area contributed by atoms with Crippen molar-refractivity contribution in [2.45, 2.75) is 59.3 Å². The first-order chi connectivity index (χ1) is 7.05. The van der Waals surface area contributed by atoms with E-state index in [1.54, 1.807) is 0 Å². The highest BCUT2D eigenvalue weighted by molar-refractivity contribution is 5.79. The maximum Gasteiger partial charge on any atom is 0.133 e. The van der Waals surface area contributed by atoms with Gasteiger partial charge in [-0.15, -0.1) is 0 Å². The van der Waals surface area contributed by atoms with Crippen LogP contribution in [0.5, 0.6) is 0 Å². The molecule has 2 aliphatic rings. The largest absolute Gasteiger partial charge is 0.300 e. The van der Waals surface area contributed by atoms with Crippen LogP contribution in [0.4, 0.5) is 0 Å². The van der Waals surface area contributed by atoms with Crippen molar-refractivity contribution in [2.24, 2.45) is 23.2 Å². The quantitative estimate of drug-likeness (QED) is 0.640. The summed E-state index contributed by atoms with van der Waals surface area (Å²) in [5.74, 6) is 2.88. The van der Waals surface area contributed by atoms with Gasteiger partial charge in [-0.2, -0.15) is 0 Å². The Balaban J connectivity index is 2.18. The smallest absolute Gasteiger partial charge is 0.133 e. The zero-order valence-electron chi connectivity index (χ0n) is 10.4. The molecule has 0 aromatic rings. The lowest BCUT2D eigenvalue weighted by Crippen LogP contribution is -2.44. The Morgan fingerprint density at radius 1 is 1.27 bits per heavy atom. The molecule has 2 saturated carbocycles. The Hall–Kier alpha value is -0.330. The fourth-order valence-corrected chi connectivity index (χ4v) is 4.10. The molecule has 0 radical (unpaired) electrons. The fraction of sp³-hybridized carbons (Fsp3) is 0.929. The summed E-state index contributed by atoms with van der Waals surface area (Å²) in [4.78, 5) is 11.6. The molecule has 1 nitrogen and oxygen atoms in total. The summed E-state index contributed by atoms with van der Waals surface area (Å²) in [5.41, 5.74) is 0.397. The van der Waals surface area contributed by atoms with Crippen LogP contribution in [-0.4, -0.2) is 5.78 Å². The van der Waals surface area contributed by atoms with Crippen LogP contribution in [-0.2, 0) is 4.79 Å². The molecule has 0 spiro atoms. The Morgan fingerprint density at radius 2 is 2.00 bits per heavy atom. The minimum Gasteiger partial charge on any atom is -0.300 e. The molecule has 0 amide bonds. The summed E-state index contributed by atoms with van der Waals surface area (Å²) in [6.07, 6.45) is 6.94. The third-order valence-corrected chi connectivity index (χ3v) is 5.20. The first kappa shape index (κ1) is 11.2. The Labute approximate surface area is 93.6 Å². The van der Waals surface area contributed by atoms with Crippen LogP contribution in [0.25, 0.3) is 0 Å². The van der Waals surface area contributed by atoms with Gasteiger partial charge in [0.2, 0.25) is 0 Å². The van der Waals surface area contributed by atoms with Crippen molar-refractivity contribution in [3.8, 4) is 0 Å². The molecule has 1 heteroatoms. The predicted octanol–water partition coefficient (Wildman–Crippen LogP) is 3.82. The molecule has 15 heavy (non-hydrogen) atoms. The number of Topliss-reactive ketones (excluding diaryl/α,β-unsaturated/α-hetero) is 1. The molecule has 2 fully saturated rings. The van der Waals surface area contributed by atoms with E-state index in [1.807, 2.05) is 0 Å². The monoisotopic (exact) mass is 208 g/mol. The standard InChI is InChI=1S/C14H24O/c1-4-11-7-5-10-6-8-12(15)9-13(10)14(11,2)3/h10-11,13H,4-9H2,1-3H3/t10-,11+,13-/m0/s1. The second kappa shape index (κ2) is 3.92. The molecule has 0 saturated heterocycles. The van der Waals surface area contributed by atoms with E-state index in [4.69, 9.17) is 0 Å². The van der Waals surface area contributed by atoms with Crippen LogP contribution in [0.15, 0.2) is 0 Å². The number of fused-ring (bicyclic) bond motifs is 1. The van der Waals surface area contributed by atoms with E-state index in [2.05, 4.69) is 20.8 Å². The van der Waals surface area contributed by atoms with E-state index < -0.39 is 0 Å². The second-order valence-electron chi connectivity index (χ2n) is 6.15. The van der Waals surface area contributed by atoms with Gasteiger partial charge in [-0.1, -0.05) is 27.2 Å². The number of carbonyl (C=O) groups excluding carboxylic acids is 1. The summed E-state index contributed by atoms with van der Waals surface area (Å²) in [5, 5.41) is 0. The highest BCUT2D eigenvalue weighted by Crippen LogP contribution is 2.53. The molecule has 2 rings (SSSR count). The lowest BCUT2D eigenvalue weighted by Gasteiger charge is -2.51. The van der Waals surface area contributed by atoms with E-state index >= 15 is 0 Å². The van der Waals surface area contributed by atoms with E-state index in [0.717, 1.165) is 24.7 Å². The number of carbonyl (C=O) groups is 1. The van der Waals surface area contributed by atoms with E-state index in [9.17, 15) is 4.79 Å². The van der Waals surface area contributed by atoms with Crippen molar-refractivity contribution in [1.29, 1.82) is 0 Å². The van der Waals surface area contributed by atoms with Crippen molar-refractivity contribution >= 4 is 5.78 Å². The third kappa shape index (κ3) is 1.86. The number of rotatable bonds is 1. The summed E-state index contributed by atoms with van der Waals surface area (Å²) >= 11 is 0. The summed E-state index contributed by atoms with van der Waals surface area (Å²) < 4.78 is 0. The number of hydrogen-bond acceptors (Lipinski definition) is 1. The van der Waals surface area contributed by atoms with Crippen LogP contribution in [0, 0.1) is 23.2 Å². The Morgan fingerprint density at radius 3 is 2.67 bits per heavy atom. The SMILES string of the molecule is CC[C@@H]1CC[C@H]2CCC(=O)C[C@@H]2C1(C)C. The van der Waals surface area contributed by atoms with Gasteiger partial charge in [0.05, 0.1) is 0 Å². The normalized spacial score (nSPS) is 39.9. The zero-order chi connectivity index (χ0) is 11.1. The van der Waals surface area contributed by atoms with Gasteiger partial charge >= 0.3 is 0 Å². The van der Waals surface area contributed by atoms with Crippen LogP contribution >= 0.6 is 0 Å². The second-order valence-corrected chi connectivity index (χ2v) is 6.15. The predicted molar refractivity (Wildman–Crippen MR) is 62.6 cm³/mol. The van der Waals surface area contributed by atoms with Crippen molar-refractivity contribution in [3.05, 3.63) is 0 Å². The molecule has 0 aliphatic heterocycles. The van der Waals surface area contributed by atoms with Gasteiger partial charge in [0.1, 0.15) is 5.78 Å². The number of ketones is 1. The van der Waals surface area contributed by atoms with Gasteiger partial charge in [0, 0.05) is 12.8 Å². The van der Waals surface area contributed by atoms with Gasteiger partial charge < -0.3 is 0 Å². The maximum atomic E-state index is 11.6. The molecule has 0 aromatic heterocycles. The van der Waals surface area contributed by atoms with Gasteiger partial charge in [-0.3, -0.25) is 4.79 Å². The first-order valence-corrected chi connectivity index (χ1v) is 6.57. The molecule has 0 bridgehead atoms. The van der Waals surface area contributed by atoms with Crippen LogP contribution in [0.2, 0.25) is 0 Å². The van der Waals surface area contributed by atoms with E-state index in [0.29, 0.717) is 17.1 Å². The minimum absolute atomic E-state index is 0.397. The fourth-order valence-electron chi connectivity index (χ4n) is 4.10. The Bertz CT molecular complexity index is 254. The van der Waals surface area contributed by atoms with Gasteiger partial charge in [-0.05, 0) is 42.4 Å². The van der Waals surface area contributed by atoms with Crippen molar-refractivity contribution in [1.82, 2.24) is 0 Å². The average molecular weight is 208 g/mol. The number of hydrogen-bond donors (Lipinski definition) is 0. The van der Waals surface area contributed by atoms with E-state index in [-0.39, 0.29) is 0 Å². The van der Waals surface area contributed by atoms with Crippen molar-refractivity contribution < 1.29 is 4.79 Å². The van der Waals surface area contributed by atoms with Crippen LogP contribution in [0.1, 0.15) is 59.3 Å².